The molecule has 1 saturated carbocycles. The van der Waals surface area contributed by atoms with E-state index in [0.29, 0.717) is 17.8 Å². The summed E-state index contributed by atoms with van der Waals surface area (Å²) < 4.78 is 12.5. The molecular formula is C29H35N5O4. The number of likely N-dealkylation sites (tertiary alicyclic amines) is 1. The fourth-order valence-corrected chi connectivity index (χ4v) is 6.42. The van der Waals surface area contributed by atoms with Crippen molar-refractivity contribution in [1.82, 2.24) is 24.5 Å². The van der Waals surface area contributed by atoms with Crippen molar-refractivity contribution in [2.45, 2.75) is 63.5 Å². The van der Waals surface area contributed by atoms with Crippen molar-refractivity contribution < 1.29 is 13.7 Å². The molecule has 9 nitrogen and oxygen atoms in total. The van der Waals surface area contributed by atoms with Crippen LogP contribution in [0.5, 0.6) is 0 Å². The summed E-state index contributed by atoms with van der Waals surface area (Å²) in [7, 11) is 4.22. The van der Waals surface area contributed by atoms with Gasteiger partial charge in [-0.2, -0.15) is 0 Å². The Balaban J connectivity index is 1.47. The number of piperidine rings is 1. The number of benzene rings is 1. The number of furan rings is 1. The van der Waals surface area contributed by atoms with E-state index in [2.05, 4.69) is 39.8 Å². The van der Waals surface area contributed by atoms with Gasteiger partial charge in [-0.05, 0) is 63.4 Å². The van der Waals surface area contributed by atoms with Gasteiger partial charge in [0.25, 0.3) is 0 Å². The molecule has 4 aromatic rings. The van der Waals surface area contributed by atoms with E-state index in [4.69, 9.17) is 8.94 Å². The number of carbonyl (C=O) groups excluding carboxylic acids is 1. The van der Waals surface area contributed by atoms with Gasteiger partial charge < -0.3 is 18.8 Å². The molecule has 0 bridgehead atoms. The minimum absolute atomic E-state index is 0.124. The molecular weight excluding hydrogens is 482 g/mol. The van der Waals surface area contributed by atoms with Gasteiger partial charge in [-0.3, -0.25) is 14.3 Å². The van der Waals surface area contributed by atoms with Crippen LogP contribution in [-0.2, 0) is 11.3 Å². The van der Waals surface area contributed by atoms with Gasteiger partial charge in [0.1, 0.15) is 6.54 Å². The van der Waals surface area contributed by atoms with E-state index in [1.807, 2.05) is 23.1 Å². The van der Waals surface area contributed by atoms with Gasteiger partial charge in [0, 0.05) is 35.6 Å². The summed E-state index contributed by atoms with van der Waals surface area (Å²) in [5, 5.41) is 5.04. The zero-order valence-electron chi connectivity index (χ0n) is 22.1. The first kappa shape index (κ1) is 24.7. The van der Waals surface area contributed by atoms with Crippen LogP contribution in [0.15, 0.2) is 50.5 Å². The highest BCUT2D eigenvalue weighted by Gasteiger charge is 2.30. The highest BCUT2D eigenvalue weighted by atomic mass is 16.5. The van der Waals surface area contributed by atoms with Crippen molar-refractivity contribution in [1.29, 1.82) is 0 Å². The molecule has 0 atom stereocenters. The van der Waals surface area contributed by atoms with Crippen LogP contribution in [0.25, 0.3) is 33.5 Å². The largest absolute Gasteiger partial charge is 0.472 e. The average Bonchev–Trinajstić information content (AvgIpc) is 3.68. The zero-order valence-corrected chi connectivity index (χ0v) is 22.1. The smallest absolute Gasteiger partial charge is 0.439 e. The predicted molar refractivity (Wildman–Crippen MR) is 145 cm³/mol. The molecule has 200 valence electrons. The fourth-order valence-electron chi connectivity index (χ4n) is 6.42. The molecule has 2 fully saturated rings. The zero-order chi connectivity index (χ0) is 26.2. The van der Waals surface area contributed by atoms with E-state index in [-0.39, 0.29) is 12.5 Å². The summed E-state index contributed by atoms with van der Waals surface area (Å²) in [6.45, 7) is 1.78. The SMILES string of the molecule is CN(C)C1CCN(C(=O)Cn2c(-c3ccoc3)c(C3CCCCC3)c3ccc(-c4noc(=O)[nH]4)cc32)CC1. The number of carbonyl (C=O) groups is 1. The van der Waals surface area contributed by atoms with E-state index in [0.717, 1.165) is 66.5 Å². The lowest BCUT2D eigenvalue weighted by Gasteiger charge is -2.35. The Hall–Kier alpha value is -3.59. The van der Waals surface area contributed by atoms with Crippen LogP contribution in [0.1, 0.15) is 56.4 Å². The molecule has 38 heavy (non-hydrogen) atoms. The van der Waals surface area contributed by atoms with Crippen molar-refractivity contribution in [2.24, 2.45) is 0 Å². The number of nitrogens with zero attached hydrogens (tertiary/aromatic N) is 4. The molecule has 1 saturated heterocycles. The van der Waals surface area contributed by atoms with Crippen molar-refractivity contribution in [3.8, 4) is 22.6 Å². The van der Waals surface area contributed by atoms with E-state index in [1.54, 1.807) is 12.5 Å². The first-order valence-electron chi connectivity index (χ1n) is 13.7. The molecule has 4 heterocycles. The number of nitrogens with one attached hydrogen (secondary N) is 1. The van der Waals surface area contributed by atoms with Gasteiger partial charge in [0.05, 0.1) is 23.7 Å². The van der Waals surface area contributed by atoms with Crippen LogP contribution in [0.4, 0.5) is 0 Å². The van der Waals surface area contributed by atoms with Gasteiger partial charge in [-0.25, -0.2) is 4.79 Å². The molecule has 2 aliphatic rings. The second-order valence-corrected chi connectivity index (χ2v) is 10.9. The topological polar surface area (TPSA) is 101 Å². The number of hydrogen-bond acceptors (Lipinski definition) is 6. The van der Waals surface area contributed by atoms with E-state index in [1.165, 1.54) is 24.8 Å². The van der Waals surface area contributed by atoms with Crippen LogP contribution in [0, 0.1) is 0 Å². The maximum Gasteiger partial charge on any atom is 0.439 e. The summed E-state index contributed by atoms with van der Waals surface area (Å²) in [5.41, 5.74) is 5.04. The van der Waals surface area contributed by atoms with Gasteiger partial charge in [0.2, 0.25) is 5.91 Å². The van der Waals surface area contributed by atoms with Gasteiger partial charge in [-0.1, -0.05) is 36.6 Å². The number of hydrogen-bond donors (Lipinski definition) is 1. The minimum atomic E-state index is -0.589. The van der Waals surface area contributed by atoms with Gasteiger partial charge in [0.15, 0.2) is 5.82 Å². The number of fused-ring (bicyclic) bond motifs is 1. The third-order valence-electron chi connectivity index (χ3n) is 8.47. The van der Waals surface area contributed by atoms with Gasteiger partial charge in [-0.15, -0.1) is 0 Å². The summed E-state index contributed by atoms with van der Waals surface area (Å²) in [5.74, 6) is 0.333. The number of H-pyrrole nitrogens is 1. The number of amides is 1. The quantitative estimate of drug-likeness (QED) is 0.393. The molecule has 0 radical (unpaired) electrons. The molecule has 6 rings (SSSR count). The first-order valence-corrected chi connectivity index (χ1v) is 13.7. The Morgan fingerprint density at radius 3 is 2.53 bits per heavy atom. The molecule has 1 N–H and O–H groups in total. The van der Waals surface area contributed by atoms with Crippen molar-refractivity contribution in [3.05, 3.63) is 52.9 Å². The molecule has 0 spiro atoms. The molecule has 1 amide bonds. The Kier molecular flexibility index (Phi) is 6.69. The summed E-state index contributed by atoms with van der Waals surface area (Å²) in [4.78, 5) is 32.3. The third kappa shape index (κ3) is 4.60. The monoisotopic (exact) mass is 517 g/mol. The van der Waals surface area contributed by atoms with Crippen molar-refractivity contribution in [2.75, 3.05) is 27.2 Å². The van der Waals surface area contributed by atoms with Crippen LogP contribution in [0.2, 0.25) is 0 Å². The molecule has 1 aliphatic carbocycles. The lowest BCUT2D eigenvalue weighted by molar-refractivity contribution is -0.133. The predicted octanol–water partition coefficient (Wildman–Crippen LogP) is 4.84. The number of aromatic amines is 1. The fraction of sp³-hybridized carbons (Fsp3) is 0.483. The Morgan fingerprint density at radius 2 is 1.87 bits per heavy atom. The van der Waals surface area contributed by atoms with Crippen LogP contribution >= 0.6 is 0 Å². The number of aromatic nitrogens is 3. The maximum absolute atomic E-state index is 13.7. The number of rotatable bonds is 6. The second-order valence-electron chi connectivity index (χ2n) is 10.9. The summed E-state index contributed by atoms with van der Waals surface area (Å²) in [6, 6.07) is 8.59. The van der Waals surface area contributed by atoms with E-state index in [9.17, 15) is 9.59 Å². The second kappa shape index (κ2) is 10.3. The molecule has 3 aromatic heterocycles. The van der Waals surface area contributed by atoms with Gasteiger partial charge >= 0.3 is 5.76 Å². The molecule has 0 unspecified atom stereocenters. The highest BCUT2D eigenvalue weighted by Crippen LogP contribution is 2.45. The third-order valence-corrected chi connectivity index (χ3v) is 8.47. The molecule has 9 heteroatoms. The Morgan fingerprint density at radius 1 is 1.08 bits per heavy atom. The lowest BCUT2D eigenvalue weighted by atomic mass is 9.82. The van der Waals surface area contributed by atoms with Crippen LogP contribution in [-0.4, -0.2) is 63.6 Å². The van der Waals surface area contributed by atoms with Crippen molar-refractivity contribution >= 4 is 16.8 Å². The van der Waals surface area contributed by atoms with Crippen molar-refractivity contribution in [3.63, 3.8) is 0 Å². The lowest BCUT2D eigenvalue weighted by Crippen LogP contribution is -2.45. The first-order chi connectivity index (χ1) is 18.5. The summed E-state index contributed by atoms with van der Waals surface area (Å²) in [6.07, 6.45) is 11.4. The van der Waals surface area contributed by atoms with E-state index >= 15 is 0 Å². The van der Waals surface area contributed by atoms with E-state index < -0.39 is 5.76 Å². The average molecular weight is 518 g/mol. The minimum Gasteiger partial charge on any atom is -0.472 e. The normalized spacial score (nSPS) is 17.6. The summed E-state index contributed by atoms with van der Waals surface area (Å²) >= 11 is 0. The standard InChI is InChI=1S/C29H35N5O4/c1-32(2)22-10-13-33(14-11-22)25(35)17-34-24-16-20(28-30-29(36)38-31-28)8-9-23(24)26(19-6-4-3-5-7-19)27(34)21-12-15-37-18-21/h8-9,12,15-16,18-19,22H,3-7,10-11,13-14,17H2,1-2H3,(H,30,31,36). The van der Waals surface area contributed by atoms with Crippen LogP contribution in [0.3, 0.4) is 0 Å². The highest BCUT2D eigenvalue weighted by molar-refractivity contribution is 5.96. The molecule has 1 aliphatic heterocycles. The Bertz CT molecular complexity index is 1460. The maximum atomic E-state index is 13.7. The van der Waals surface area contributed by atoms with Crippen LogP contribution < -0.4 is 5.76 Å². The molecule has 1 aromatic carbocycles. The Labute approximate surface area is 221 Å².